The first-order valence-electron chi connectivity index (χ1n) is 9.99. The van der Waals surface area contributed by atoms with Crippen LogP contribution in [0.25, 0.3) is 11.1 Å². The minimum absolute atomic E-state index is 0.157. The third-order valence-electron chi connectivity index (χ3n) is 4.60. The van der Waals surface area contributed by atoms with Gasteiger partial charge in [0, 0.05) is 23.9 Å². The van der Waals surface area contributed by atoms with E-state index in [-0.39, 0.29) is 24.2 Å². The average Bonchev–Trinajstić information content (AvgIpc) is 3.30. The summed E-state index contributed by atoms with van der Waals surface area (Å²) in [5.41, 5.74) is 3.17. The number of aromatic nitrogens is 3. The standard InChI is InChI=1S/C22H26N4O3S2/c1-6-29-21(28)18-16(15-9-7-14(4)8-10-15)11-30-20(18)23-17(27)12-31-22-25-24-19(13(2)3)26(22)5/h7-11,13H,6,12H2,1-5H3,(H,23,27). The SMILES string of the molecule is CCOC(=O)c1c(-c2ccc(C)cc2)csc1NC(=O)CSc1nnc(C(C)C)n1C. The van der Waals surface area contributed by atoms with Crippen molar-refractivity contribution < 1.29 is 14.3 Å². The average molecular weight is 459 g/mol. The minimum atomic E-state index is -0.447. The molecule has 2 aromatic heterocycles. The first kappa shape index (κ1) is 23.0. The van der Waals surface area contributed by atoms with E-state index in [0.717, 1.165) is 22.5 Å². The van der Waals surface area contributed by atoms with Gasteiger partial charge < -0.3 is 14.6 Å². The lowest BCUT2D eigenvalue weighted by Gasteiger charge is -2.09. The number of carbonyl (C=O) groups excluding carboxylic acids is 2. The Bertz CT molecular complexity index is 1070. The van der Waals surface area contributed by atoms with Gasteiger partial charge in [-0.2, -0.15) is 0 Å². The fraction of sp³-hybridized carbons (Fsp3) is 0.364. The summed E-state index contributed by atoms with van der Waals surface area (Å²) < 4.78 is 7.15. The Morgan fingerprint density at radius 2 is 1.94 bits per heavy atom. The predicted octanol–water partition coefficient (Wildman–Crippen LogP) is 4.88. The molecule has 1 N–H and O–H groups in total. The van der Waals surface area contributed by atoms with Gasteiger partial charge in [-0.1, -0.05) is 55.4 Å². The molecule has 1 amide bonds. The summed E-state index contributed by atoms with van der Waals surface area (Å²) in [4.78, 5) is 25.3. The molecule has 0 aliphatic carbocycles. The van der Waals surface area contributed by atoms with E-state index >= 15 is 0 Å². The number of thiophene rings is 1. The number of esters is 1. The first-order chi connectivity index (χ1) is 14.8. The van der Waals surface area contributed by atoms with Crippen LogP contribution in [0.1, 0.15) is 48.4 Å². The lowest BCUT2D eigenvalue weighted by Crippen LogP contribution is -2.16. The van der Waals surface area contributed by atoms with Crippen molar-refractivity contribution in [2.45, 2.75) is 38.8 Å². The highest BCUT2D eigenvalue weighted by atomic mass is 32.2. The van der Waals surface area contributed by atoms with Crippen LogP contribution in [0, 0.1) is 6.92 Å². The van der Waals surface area contributed by atoms with E-state index in [1.165, 1.54) is 23.1 Å². The van der Waals surface area contributed by atoms with Crippen molar-refractivity contribution >= 4 is 40.0 Å². The van der Waals surface area contributed by atoms with Crippen LogP contribution in [0.2, 0.25) is 0 Å². The summed E-state index contributed by atoms with van der Waals surface area (Å²) in [6.07, 6.45) is 0. The zero-order valence-electron chi connectivity index (χ0n) is 18.3. The molecule has 2 heterocycles. The minimum Gasteiger partial charge on any atom is -0.462 e. The highest BCUT2D eigenvalue weighted by Crippen LogP contribution is 2.36. The highest BCUT2D eigenvalue weighted by molar-refractivity contribution is 7.99. The van der Waals surface area contributed by atoms with Crippen LogP contribution in [-0.4, -0.2) is 39.0 Å². The molecular weight excluding hydrogens is 432 g/mol. The van der Waals surface area contributed by atoms with Crippen LogP contribution >= 0.6 is 23.1 Å². The number of aryl methyl sites for hydroxylation is 1. The number of hydrogen-bond acceptors (Lipinski definition) is 7. The predicted molar refractivity (Wildman–Crippen MR) is 125 cm³/mol. The quantitative estimate of drug-likeness (QED) is 0.382. The van der Waals surface area contributed by atoms with E-state index in [1.807, 2.05) is 62.0 Å². The van der Waals surface area contributed by atoms with Crippen molar-refractivity contribution in [3.63, 3.8) is 0 Å². The third-order valence-corrected chi connectivity index (χ3v) is 6.52. The number of amides is 1. The Morgan fingerprint density at radius 3 is 2.55 bits per heavy atom. The monoisotopic (exact) mass is 458 g/mol. The van der Waals surface area contributed by atoms with E-state index in [0.29, 0.717) is 15.7 Å². The van der Waals surface area contributed by atoms with Gasteiger partial charge in [-0.15, -0.1) is 21.5 Å². The maximum absolute atomic E-state index is 12.7. The van der Waals surface area contributed by atoms with Crippen LogP contribution < -0.4 is 5.32 Å². The maximum Gasteiger partial charge on any atom is 0.341 e. The number of carbonyl (C=O) groups is 2. The molecule has 0 radical (unpaired) electrons. The lowest BCUT2D eigenvalue weighted by atomic mass is 10.0. The molecule has 0 saturated heterocycles. The zero-order valence-corrected chi connectivity index (χ0v) is 19.9. The molecule has 3 rings (SSSR count). The summed E-state index contributed by atoms with van der Waals surface area (Å²) in [6.45, 7) is 8.12. The Morgan fingerprint density at radius 1 is 1.23 bits per heavy atom. The van der Waals surface area contributed by atoms with Crippen LogP contribution in [0.4, 0.5) is 5.00 Å². The zero-order chi connectivity index (χ0) is 22.5. The Kier molecular flexibility index (Phi) is 7.50. The molecular formula is C22H26N4O3S2. The molecule has 0 aliphatic rings. The molecule has 9 heteroatoms. The Labute approximate surface area is 190 Å². The summed E-state index contributed by atoms with van der Waals surface area (Å²) in [5, 5.41) is 14.2. The summed E-state index contributed by atoms with van der Waals surface area (Å²) in [6, 6.07) is 7.90. The van der Waals surface area contributed by atoms with Crippen LogP contribution in [0.5, 0.6) is 0 Å². The molecule has 7 nitrogen and oxygen atoms in total. The van der Waals surface area contributed by atoms with Crippen LogP contribution in [0.15, 0.2) is 34.8 Å². The molecule has 0 unspecified atom stereocenters. The molecule has 0 bridgehead atoms. The lowest BCUT2D eigenvalue weighted by molar-refractivity contribution is -0.113. The number of thioether (sulfide) groups is 1. The van der Waals surface area contributed by atoms with Gasteiger partial charge in [-0.25, -0.2) is 4.79 Å². The van der Waals surface area contributed by atoms with E-state index in [2.05, 4.69) is 15.5 Å². The Hall–Kier alpha value is -2.65. The molecule has 0 spiro atoms. The number of nitrogens with one attached hydrogen (secondary N) is 1. The van der Waals surface area contributed by atoms with Gasteiger partial charge in [0.05, 0.1) is 12.4 Å². The summed E-state index contributed by atoms with van der Waals surface area (Å²) in [7, 11) is 1.89. The second-order valence-electron chi connectivity index (χ2n) is 7.33. The van der Waals surface area contributed by atoms with Crippen molar-refractivity contribution in [1.82, 2.24) is 14.8 Å². The molecule has 31 heavy (non-hydrogen) atoms. The van der Waals surface area contributed by atoms with Gasteiger partial charge in [0.15, 0.2) is 5.16 Å². The normalized spacial score (nSPS) is 11.0. The number of nitrogens with zero attached hydrogens (tertiary/aromatic N) is 3. The van der Waals surface area contributed by atoms with Crippen molar-refractivity contribution in [2.75, 3.05) is 17.7 Å². The van der Waals surface area contributed by atoms with Gasteiger partial charge in [-0.05, 0) is 19.4 Å². The molecule has 0 saturated carbocycles. The smallest absolute Gasteiger partial charge is 0.341 e. The summed E-state index contributed by atoms with van der Waals surface area (Å²) >= 11 is 2.62. The fourth-order valence-electron chi connectivity index (χ4n) is 3.05. The van der Waals surface area contributed by atoms with Crippen LogP contribution in [-0.2, 0) is 16.6 Å². The first-order valence-corrected chi connectivity index (χ1v) is 11.9. The second kappa shape index (κ2) is 10.1. The molecule has 0 fully saturated rings. The molecule has 3 aromatic rings. The number of anilines is 1. The third kappa shape index (κ3) is 5.34. The number of rotatable bonds is 8. The van der Waals surface area contributed by atoms with Gasteiger partial charge in [0.1, 0.15) is 16.4 Å². The van der Waals surface area contributed by atoms with Gasteiger partial charge in [-0.3, -0.25) is 4.79 Å². The van der Waals surface area contributed by atoms with E-state index in [1.54, 1.807) is 6.92 Å². The van der Waals surface area contributed by atoms with E-state index in [9.17, 15) is 9.59 Å². The summed E-state index contributed by atoms with van der Waals surface area (Å²) in [5.74, 6) is 0.608. The van der Waals surface area contributed by atoms with Gasteiger partial charge >= 0.3 is 5.97 Å². The topological polar surface area (TPSA) is 86.1 Å². The number of ether oxygens (including phenoxy) is 1. The molecule has 164 valence electrons. The van der Waals surface area contributed by atoms with Gasteiger partial charge in [0.25, 0.3) is 0 Å². The number of benzene rings is 1. The molecule has 0 atom stereocenters. The van der Waals surface area contributed by atoms with Crippen molar-refractivity contribution in [2.24, 2.45) is 7.05 Å². The van der Waals surface area contributed by atoms with E-state index in [4.69, 9.17) is 4.74 Å². The largest absolute Gasteiger partial charge is 0.462 e. The van der Waals surface area contributed by atoms with Crippen molar-refractivity contribution in [3.05, 3.63) is 46.6 Å². The molecule has 1 aromatic carbocycles. The van der Waals surface area contributed by atoms with Crippen LogP contribution in [0.3, 0.4) is 0 Å². The maximum atomic E-state index is 12.7. The Balaban J connectivity index is 1.78. The fourth-order valence-corrected chi connectivity index (χ4v) is 4.74. The van der Waals surface area contributed by atoms with Gasteiger partial charge in [0.2, 0.25) is 5.91 Å². The van der Waals surface area contributed by atoms with E-state index < -0.39 is 5.97 Å². The second-order valence-corrected chi connectivity index (χ2v) is 9.15. The van der Waals surface area contributed by atoms with Crippen molar-refractivity contribution in [3.8, 4) is 11.1 Å². The molecule has 0 aliphatic heterocycles. The number of hydrogen-bond donors (Lipinski definition) is 1. The highest BCUT2D eigenvalue weighted by Gasteiger charge is 2.23. The van der Waals surface area contributed by atoms with Crippen molar-refractivity contribution in [1.29, 1.82) is 0 Å².